The van der Waals surface area contributed by atoms with Gasteiger partial charge in [-0.2, -0.15) is 0 Å². The standard InChI is InChI=1S/C15H19NO2/c1-2-3-7-12-16-15(18)14(17)11-10-13-8-5-4-6-9-13/h4-6,8-11H,2-3,7,12H2,1H3,(H,16,18)/b11-10+. The number of unbranched alkanes of at least 4 members (excludes halogenated alkanes) is 2. The third-order valence-corrected chi connectivity index (χ3v) is 2.52. The minimum atomic E-state index is -0.529. The van der Waals surface area contributed by atoms with Crippen LogP contribution in [0, 0.1) is 0 Å². The van der Waals surface area contributed by atoms with Gasteiger partial charge in [0.15, 0.2) is 0 Å². The van der Waals surface area contributed by atoms with Crippen LogP contribution in [0.2, 0.25) is 0 Å². The van der Waals surface area contributed by atoms with E-state index in [0.29, 0.717) is 6.54 Å². The highest BCUT2D eigenvalue weighted by molar-refractivity contribution is 6.41. The zero-order valence-corrected chi connectivity index (χ0v) is 10.7. The fourth-order valence-electron chi connectivity index (χ4n) is 1.48. The van der Waals surface area contributed by atoms with Crippen molar-refractivity contribution in [3.05, 3.63) is 42.0 Å². The Morgan fingerprint density at radius 2 is 1.89 bits per heavy atom. The Labute approximate surface area is 108 Å². The Morgan fingerprint density at radius 1 is 1.17 bits per heavy atom. The fourth-order valence-corrected chi connectivity index (χ4v) is 1.48. The number of hydrogen-bond donors (Lipinski definition) is 1. The van der Waals surface area contributed by atoms with Crippen LogP contribution < -0.4 is 5.32 Å². The summed E-state index contributed by atoms with van der Waals surface area (Å²) in [7, 11) is 0. The summed E-state index contributed by atoms with van der Waals surface area (Å²) in [5, 5.41) is 2.61. The van der Waals surface area contributed by atoms with E-state index in [9.17, 15) is 9.59 Å². The Balaban J connectivity index is 2.36. The SMILES string of the molecule is CCCCCNC(=O)C(=O)/C=C/c1ccccc1. The first-order valence-electron chi connectivity index (χ1n) is 6.29. The van der Waals surface area contributed by atoms with Crippen LogP contribution in [-0.2, 0) is 9.59 Å². The average Bonchev–Trinajstić information content (AvgIpc) is 2.42. The van der Waals surface area contributed by atoms with Gasteiger partial charge in [-0.05, 0) is 18.1 Å². The molecular weight excluding hydrogens is 226 g/mol. The highest BCUT2D eigenvalue weighted by atomic mass is 16.2. The van der Waals surface area contributed by atoms with E-state index >= 15 is 0 Å². The van der Waals surface area contributed by atoms with Gasteiger partial charge in [0.1, 0.15) is 0 Å². The molecule has 0 radical (unpaired) electrons. The number of ketones is 1. The van der Waals surface area contributed by atoms with Crippen molar-refractivity contribution in [2.75, 3.05) is 6.54 Å². The van der Waals surface area contributed by atoms with Crippen molar-refractivity contribution in [2.24, 2.45) is 0 Å². The number of benzene rings is 1. The molecular formula is C15H19NO2. The van der Waals surface area contributed by atoms with Crippen molar-refractivity contribution in [1.29, 1.82) is 0 Å². The van der Waals surface area contributed by atoms with Crippen molar-refractivity contribution in [1.82, 2.24) is 5.32 Å². The van der Waals surface area contributed by atoms with Crippen LogP contribution in [0.1, 0.15) is 31.7 Å². The lowest BCUT2D eigenvalue weighted by Crippen LogP contribution is -2.30. The van der Waals surface area contributed by atoms with E-state index in [-0.39, 0.29) is 0 Å². The molecule has 0 heterocycles. The Morgan fingerprint density at radius 3 is 2.56 bits per heavy atom. The zero-order valence-electron chi connectivity index (χ0n) is 10.7. The Hall–Kier alpha value is -1.90. The molecule has 0 saturated heterocycles. The molecule has 0 spiro atoms. The fraction of sp³-hybridized carbons (Fsp3) is 0.333. The maximum absolute atomic E-state index is 11.5. The van der Waals surface area contributed by atoms with Gasteiger partial charge in [-0.25, -0.2) is 0 Å². The maximum atomic E-state index is 11.5. The van der Waals surface area contributed by atoms with Crippen LogP contribution in [0.3, 0.4) is 0 Å². The molecule has 1 amide bonds. The largest absolute Gasteiger partial charge is 0.349 e. The number of rotatable bonds is 7. The first-order valence-corrected chi connectivity index (χ1v) is 6.29. The molecule has 0 saturated carbocycles. The molecule has 18 heavy (non-hydrogen) atoms. The minimum absolute atomic E-state index is 0.504. The first-order chi connectivity index (χ1) is 8.74. The summed E-state index contributed by atoms with van der Waals surface area (Å²) >= 11 is 0. The normalized spacial score (nSPS) is 10.5. The monoisotopic (exact) mass is 245 g/mol. The van der Waals surface area contributed by atoms with Crippen molar-refractivity contribution in [2.45, 2.75) is 26.2 Å². The van der Waals surface area contributed by atoms with Crippen molar-refractivity contribution >= 4 is 17.8 Å². The second-order valence-corrected chi connectivity index (χ2v) is 4.07. The number of carbonyl (C=O) groups is 2. The predicted octanol–water partition coefficient (Wildman–Crippen LogP) is 2.58. The topological polar surface area (TPSA) is 46.2 Å². The average molecular weight is 245 g/mol. The lowest BCUT2D eigenvalue weighted by molar-refractivity contribution is -0.135. The van der Waals surface area contributed by atoms with Crippen molar-refractivity contribution in [3.8, 4) is 0 Å². The van der Waals surface area contributed by atoms with E-state index < -0.39 is 11.7 Å². The van der Waals surface area contributed by atoms with Crippen LogP contribution in [0.15, 0.2) is 36.4 Å². The van der Waals surface area contributed by atoms with Crippen molar-refractivity contribution < 1.29 is 9.59 Å². The van der Waals surface area contributed by atoms with E-state index in [1.807, 2.05) is 30.3 Å². The molecule has 1 rings (SSSR count). The summed E-state index contributed by atoms with van der Waals surface area (Å²) in [6.07, 6.45) is 6.03. The molecule has 0 aliphatic rings. The van der Waals surface area contributed by atoms with Gasteiger partial charge in [-0.15, -0.1) is 0 Å². The number of nitrogens with one attached hydrogen (secondary N) is 1. The number of carbonyl (C=O) groups excluding carboxylic acids is 2. The number of hydrogen-bond acceptors (Lipinski definition) is 2. The molecule has 0 fully saturated rings. The highest BCUT2D eigenvalue weighted by Crippen LogP contribution is 2.00. The second-order valence-electron chi connectivity index (χ2n) is 4.07. The molecule has 1 aromatic rings. The van der Waals surface area contributed by atoms with Gasteiger partial charge in [-0.1, -0.05) is 56.2 Å². The van der Waals surface area contributed by atoms with Gasteiger partial charge < -0.3 is 5.32 Å². The van der Waals surface area contributed by atoms with E-state index in [4.69, 9.17) is 0 Å². The summed E-state index contributed by atoms with van der Waals surface area (Å²) in [6.45, 7) is 2.66. The summed E-state index contributed by atoms with van der Waals surface area (Å²) in [4.78, 5) is 22.9. The van der Waals surface area contributed by atoms with Gasteiger partial charge in [0, 0.05) is 6.54 Å². The number of amides is 1. The Bertz CT molecular complexity index is 410. The van der Waals surface area contributed by atoms with E-state index in [2.05, 4.69) is 12.2 Å². The van der Waals surface area contributed by atoms with Gasteiger partial charge in [0.2, 0.25) is 5.78 Å². The first kappa shape index (κ1) is 14.2. The molecule has 0 aliphatic heterocycles. The molecule has 0 atom stereocenters. The lowest BCUT2D eigenvalue weighted by Gasteiger charge is -2.01. The third-order valence-electron chi connectivity index (χ3n) is 2.52. The van der Waals surface area contributed by atoms with E-state index in [1.54, 1.807) is 6.08 Å². The van der Waals surface area contributed by atoms with Crippen LogP contribution in [0.25, 0.3) is 6.08 Å². The smallest absolute Gasteiger partial charge is 0.291 e. The second kappa shape index (κ2) is 8.23. The van der Waals surface area contributed by atoms with Gasteiger partial charge in [-0.3, -0.25) is 9.59 Å². The summed E-state index contributed by atoms with van der Waals surface area (Å²) < 4.78 is 0. The van der Waals surface area contributed by atoms with E-state index in [0.717, 1.165) is 24.8 Å². The van der Waals surface area contributed by atoms with Crippen LogP contribution in [0.5, 0.6) is 0 Å². The van der Waals surface area contributed by atoms with Gasteiger partial charge in [0.25, 0.3) is 5.91 Å². The molecule has 1 aromatic carbocycles. The third kappa shape index (κ3) is 5.43. The summed E-state index contributed by atoms with van der Waals surface area (Å²) in [6, 6.07) is 9.43. The molecule has 1 N–H and O–H groups in total. The van der Waals surface area contributed by atoms with Gasteiger partial charge >= 0.3 is 0 Å². The van der Waals surface area contributed by atoms with Crippen LogP contribution >= 0.6 is 0 Å². The molecule has 0 unspecified atom stereocenters. The quantitative estimate of drug-likeness (QED) is 0.456. The highest BCUT2D eigenvalue weighted by Gasteiger charge is 2.08. The minimum Gasteiger partial charge on any atom is -0.349 e. The molecule has 96 valence electrons. The molecule has 3 heteroatoms. The molecule has 0 bridgehead atoms. The summed E-state index contributed by atoms with van der Waals surface area (Å²) in [5.41, 5.74) is 0.907. The molecule has 0 aliphatic carbocycles. The van der Waals surface area contributed by atoms with Crippen LogP contribution in [0.4, 0.5) is 0 Å². The summed E-state index contributed by atoms with van der Waals surface area (Å²) in [5.74, 6) is -1.03. The molecule has 3 nitrogen and oxygen atoms in total. The van der Waals surface area contributed by atoms with Crippen LogP contribution in [-0.4, -0.2) is 18.2 Å². The maximum Gasteiger partial charge on any atom is 0.291 e. The van der Waals surface area contributed by atoms with Gasteiger partial charge in [0.05, 0.1) is 0 Å². The predicted molar refractivity (Wildman–Crippen MR) is 73.0 cm³/mol. The lowest BCUT2D eigenvalue weighted by atomic mass is 10.2. The Kier molecular flexibility index (Phi) is 6.47. The zero-order chi connectivity index (χ0) is 13.2. The van der Waals surface area contributed by atoms with E-state index in [1.165, 1.54) is 6.08 Å². The molecule has 0 aromatic heterocycles. The van der Waals surface area contributed by atoms with Crippen molar-refractivity contribution in [3.63, 3.8) is 0 Å².